The Morgan fingerprint density at radius 1 is 1.13 bits per heavy atom. The molecule has 2 N–H and O–H groups in total. The first kappa shape index (κ1) is 22.3. The van der Waals surface area contributed by atoms with Gasteiger partial charge >= 0.3 is 5.97 Å². The van der Waals surface area contributed by atoms with Gasteiger partial charge in [-0.1, -0.05) is 28.1 Å². The molecule has 0 bridgehead atoms. The molecule has 1 aliphatic heterocycles. The number of hydrazine groups is 1. The summed E-state index contributed by atoms with van der Waals surface area (Å²) >= 11 is 3.28. The molecule has 1 saturated heterocycles. The van der Waals surface area contributed by atoms with Gasteiger partial charge in [-0.2, -0.15) is 0 Å². The highest BCUT2D eigenvalue weighted by Gasteiger charge is 2.36. The van der Waals surface area contributed by atoms with E-state index in [1.807, 2.05) is 0 Å². The maximum Gasteiger partial charge on any atom is 0.311 e. The molecule has 1 aliphatic rings. The van der Waals surface area contributed by atoms with Gasteiger partial charge in [-0.15, -0.1) is 0 Å². The molecule has 1 heterocycles. The predicted molar refractivity (Wildman–Crippen MR) is 114 cm³/mol. The highest BCUT2D eigenvalue weighted by molar-refractivity contribution is 9.10. The maximum absolute atomic E-state index is 12.3. The van der Waals surface area contributed by atoms with Gasteiger partial charge in [-0.05, 0) is 36.4 Å². The second kappa shape index (κ2) is 10.1. The molecule has 0 aromatic heterocycles. The van der Waals surface area contributed by atoms with E-state index in [0.29, 0.717) is 17.0 Å². The molecule has 10 heteroatoms. The van der Waals surface area contributed by atoms with E-state index in [9.17, 15) is 19.2 Å². The van der Waals surface area contributed by atoms with E-state index in [2.05, 4.69) is 26.7 Å². The summed E-state index contributed by atoms with van der Waals surface area (Å²) in [5.41, 5.74) is 3.31. The van der Waals surface area contributed by atoms with Gasteiger partial charge < -0.3 is 14.8 Å². The van der Waals surface area contributed by atoms with Gasteiger partial charge in [0.2, 0.25) is 5.91 Å². The number of esters is 1. The summed E-state index contributed by atoms with van der Waals surface area (Å²) in [7, 11) is 1.48. The van der Waals surface area contributed by atoms with Crippen molar-refractivity contribution < 1.29 is 28.7 Å². The normalized spacial score (nSPS) is 15.4. The van der Waals surface area contributed by atoms with Crippen LogP contribution in [0.25, 0.3) is 0 Å². The minimum absolute atomic E-state index is 0.0337. The number of amides is 3. The molecule has 0 spiro atoms. The van der Waals surface area contributed by atoms with Crippen LogP contribution in [0.3, 0.4) is 0 Å². The molecule has 2 aromatic carbocycles. The number of hydrogen-bond acceptors (Lipinski definition) is 6. The lowest BCUT2D eigenvalue weighted by Crippen LogP contribution is -2.43. The van der Waals surface area contributed by atoms with Gasteiger partial charge in [0.1, 0.15) is 5.75 Å². The number of anilines is 1. The molecule has 0 saturated carbocycles. The SMILES string of the molecule is COc1ccccc1NC(=O)COC(=O)[C@@H]1CC(=O)N(NC(=O)c2ccc(Br)cc2)C1. The van der Waals surface area contributed by atoms with Crippen LogP contribution in [0.2, 0.25) is 0 Å². The van der Waals surface area contributed by atoms with Gasteiger partial charge in [0, 0.05) is 16.5 Å². The summed E-state index contributed by atoms with van der Waals surface area (Å²) in [5, 5.41) is 3.68. The largest absolute Gasteiger partial charge is 0.495 e. The number of carbonyl (C=O) groups is 4. The Hall–Kier alpha value is -3.40. The van der Waals surface area contributed by atoms with Gasteiger partial charge in [-0.25, -0.2) is 0 Å². The third-order valence-electron chi connectivity index (χ3n) is 4.53. The van der Waals surface area contributed by atoms with Crippen molar-refractivity contribution in [3.8, 4) is 5.75 Å². The molecule has 0 aliphatic carbocycles. The van der Waals surface area contributed by atoms with Crippen LogP contribution in [0, 0.1) is 5.92 Å². The lowest BCUT2D eigenvalue weighted by molar-refractivity contribution is -0.151. The number of nitrogens with zero attached hydrogens (tertiary/aromatic N) is 1. The van der Waals surface area contributed by atoms with Crippen LogP contribution in [0.5, 0.6) is 5.75 Å². The minimum Gasteiger partial charge on any atom is -0.495 e. The topological polar surface area (TPSA) is 114 Å². The Labute approximate surface area is 186 Å². The number of methoxy groups -OCH3 is 1. The van der Waals surface area contributed by atoms with E-state index >= 15 is 0 Å². The number of hydrogen-bond donors (Lipinski definition) is 2. The molecule has 162 valence electrons. The minimum atomic E-state index is -0.781. The van der Waals surface area contributed by atoms with Crippen molar-refractivity contribution in [3.05, 3.63) is 58.6 Å². The number of ether oxygens (including phenoxy) is 2. The van der Waals surface area contributed by atoms with Gasteiger partial charge in [0.05, 0.1) is 25.3 Å². The average molecular weight is 490 g/mol. The summed E-state index contributed by atoms with van der Waals surface area (Å²) in [6, 6.07) is 13.4. The van der Waals surface area contributed by atoms with Crippen molar-refractivity contribution in [1.29, 1.82) is 0 Å². The van der Waals surface area contributed by atoms with E-state index in [1.54, 1.807) is 48.5 Å². The molecule has 31 heavy (non-hydrogen) atoms. The maximum atomic E-state index is 12.3. The molecule has 2 aromatic rings. The van der Waals surface area contributed by atoms with E-state index in [4.69, 9.17) is 9.47 Å². The number of carbonyl (C=O) groups excluding carboxylic acids is 4. The fourth-order valence-electron chi connectivity index (χ4n) is 2.95. The Morgan fingerprint density at radius 3 is 2.55 bits per heavy atom. The molecule has 1 fully saturated rings. The van der Waals surface area contributed by atoms with Crippen LogP contribution in [-0.4, -0.2) is 49.0 Å². The zero-order chi connectivity index (χ0) is 22.4. The lowest BCUT2D eigenvalue weighted by Gasteiger charge is -2.17. The Balaban J connectivity index is 1.49. The second-order valence-electron chi connectivity index (χ2n) is 6.71. The number of benzene rings is 2. The van der Waals surface area contributed by atoms with Crippen LogP contribution in [0.4, 0.5) is 5.69 Å². The molecule has 0 radical (unpaired) electrons. The summed E-state index contributed by atoms with van der Waals surface area (Å²) in [6.45, 7) is -0.541. The van der Waals surface area contributed by atoms with Gasteiger partial charge in [0.15, 0.2) is 6.61 Å². The lowest BCUT2D eigenvalue weighted by atomic mass is 10.1. The van der Waals surface area contributed by atoms with Crippen molar-refractivity contribution in [2.24, 2.45) is 5.92 Å². The van der Waals surface area contributed by atoms with Crippen molar-refractivity contribution >= 4 is 45.3 Å². The Morgan fingerprint density at radius 2 is 1.84 bits per heavy atom. The fourth-order valence-corrected chi connectivity index (χ4v) is 3.22. The number of rotatable bonds is 7. The predicted octanol–water partition coefficient (Wildman–Crippen LogP) is 2.13. The zero-order valence-electron chi connectivity index (χ0n) is 16.6. The van der Waals surface area contributed by atoms with Crippen LogP contribution < -0.4 is 15.5 Å². The van der Waals surface area contributed by atoms with Crippen molar-refractivity contribution in [2.45, 2.75) is 6.42 Å². The van der Waals surface area contributed by atoms with Gasteiger partial charge in [-0.3, -0.25) is 29.6 Å². The summed E-state index contributed by atoms with van der Waals surface area (Å²) < 4.78 is 11.0. The van der Waals surface area contributed by atoms with Crippen molar-refractivity contribution in [1.82, 2.24) is 10.4 Å². The number of para-hydroxylation sites is 2. The quantitative estimate of drug-likeness (QED) is 0.575. The van der Waals surface area contributed by atoms with Gasteiger partial charge in [0.25, 0.3) is 11.8 Å². The molecule has 0 unspecified atom stereocenters. The highest BCUT2D eigenvalue weighted by Crippen LogP contribution is 2.23. The van der Waals surface area contributed by atoms with E-state index in [1.165, 1.54) is 7.11 Å². The van der Waals surface area contributed by atoms with Crippen LogP contribution in [0.15, 0.2) is 53.0 Å². The molecule has 1 atom stereocenters. The number of halogens is 1. The third-order valence-corrected chi connectivity index (χ3v) is 5.06. The van der Waals surface area contributed by atoms with Crippen molar-refractivity contribution in [2.75, 3.05) is 25.6 Å². The van der Waals surface area contributed by atoms with Crippen LogP contribution in [0.1, 0.15) is 16.8 Å². The van der Waals surface area contributed by atoms with E-state index in [0.717, 1.165) is 9.48 Å². The second-order valence-corrected chi connectivity index (χ2v) is 7.63. The van der Waals surface area contributed by atoms with E-state index in [-0.39, 0.29) is 13.0 Å². The highest BCUT2D eigenvalue weighted by atomic mass is 79.9. The van der Waals surface area contributed by atoms with Crippen molar-refractivity contribution in [3.63, 3.8) is 0 Å². The summed E-state index contributed by atoms with van der Waals surface area (Å²) in [4.78, 5) is 48.8. The van der Waals surface area contributed by atoms with Crippen LogP contribution >= 0.6 is 15.9 Å². The number of nitrogens with one attached hydrogen (secondary N) is 2. The first-order chi connectivity index (χ1) is 14.9. The standard InChI is InChI=1S/C21H20BrN3O6/c1-30-17-5-3-2-4-16(17)23-18(26)12-31-21(29)14-10-19(27)25(11-14)24-20(28)13-6-8-15(22)9-7-13/h2-9,14H,10-12H2,1H3,(H,23,26)(H,24,28)/t14-/m1/s1. The smallest absolute Gasteiger partial charge is 0.311 e. The molecular formula is C21H20BrN3O6. The zero-order valence-corrected chi connectivity index (χ0v) is 18.2. The fraction of sp³-hybridized carbons (Fsp3) is 0.238. The molecule has 3 amide bonds. The molecule has 9 nitrogen and oxygen atoms in total. The van der Waals surface area contributed by atoms with E-state index < -0.39 is 36.2 Å². The Bertz CT molecular complexity index is 995. The van der Waals surface area contributed by atoms with Crippen LogP contribution in [-0.2, 0) is 19.1 Å². The first-order valence-corrected chi connectivity index (χ1v) is 10.1. The summed E-state index contributed by atoms with van der Waals surface area (Å²) in [5.74, 6) is -2.42. The summed E-state index contributed by atoms with van der Waals surface area (Å²) in [6.07, 6.45) is -0.117. The first-order valence-electron chi connectivity index (χ1n) is 9.34. The average Bonchev–Trinajstić information content (AvgIpc) is 3.13. The Kier molecular flexibility index (Phi) is 7.24. The molecular weight excluding hydrogens is 470 g/mol. The third kappa shape index (κ3) is 5.82. The monoisotopic (exact) mass is 489 g/mol. The molecule has 3 rings (SSSR count).